The first-order chi connectivity index (χ1) is 12.9. The van der Waals surface area contributed by atoms with E-state index in [1.165, 1.54) is 12.1 Å². The zero-order valence-corrected chi connectivity index (χ0v) is 16.1. The minimum absolute atomic E-state index is 0.117. The Hall–Kier alpha value is -2.63. The molecule has 0 aliphatic rings. The van der Waals surface area contributed by atoms with Crippen molar-refractivity contribution in [2.75, 3.05) is 36.0 Å². The first kappa shape index (κ1) is 19.1. The Kier molecular flexibility index (Phi) is 5.35. The van der Waals surface area contributed by atoms with Gasteiger partial charge in [-0.15, -0.1) is 0 Å². The molecular formula is C21H24F2N2O2. The fraction of sp³-hybridized carbons (Fsp3) is 0.381. The van der Waals surface area contributed by atoms with Gasteiger partial charge in [-0.1, -0.05) is 0 Å². The molecule has 0 saturated heterocycles. The lowest BCUT2D eigenvalue weighted by molar-refractivity contribution is 0.611. The van der Waals surface area contributed by atoms with Crippen molar-refractivity contribution in [3.05, 3.63) is 46.1 Å². The van der Waals surface area contributed by atoms with Crippen molar-refractivity contribution in [1.29, 1.82) is 0 Å². The largest absolute Gasteiger partial charge is 0.456 e. The fourth-order valence-electron chi connectivity index (χ4n) is 3.49. The standard InChI is InChI=1S/C21H24F2N2O2/c1-5-24(6-2)17-11-19-13(9-15(17)22)21(26)14-10-16(23)18(12-20(14)27-19)25(7-3)8-4/h9-12H,5-8H2,1-4H3. The molecule has 27 heavy (non-hydrogen) atoms. The van der Waals surface area contributed by atoms with Crippen LogP contribution in [-0.2, 0) is 0 Å². The first-order valence-electron chi connectivity index (χ1n) is 9.34. The molecule has 0 aliphatic carbocycles. The van der Waals surface area contributed by atoms with Gasteiger partial charge in [0.2, 0.25) is 5.43 Å². The molecule has 0 fully saturated rings. The van der Waals surface area contributed by atoms with Gasteiger partial charge in [0.15, 0.2) is 0 Å². The van der Waals surface area contributed by atoms with Crippen LogP contribution in [-0.4, -0.2) is 26.2 Å². The molecule has 0 saturated carbocycles. The van der Waals surface area contributed by atoms with E-state index in [1.54, 1.807) is 12.1 Å². The third-order valence-corrected chi connectivity index (χ3v) is 5.02. The van der Waals surface area contributed by atoms with E-state index in [9.17, 15) is 13.6 Å². The molecule has 1 aromatic heterocycles. The lowest BCUT2D eigenvalue weighted by Crippen LogP contribution is -2.23. The summed E-state index contributed by atoms with van der Waals surface area (Å²) in [7, 11) is 0. The van der Waals surface area contributed by atoms with Crippen LogP contribution >= 0.6 is 0 Å². The third-order valence-electron chi connectivity index (χ3n) is 5.02. The van der Waals surface area contributed by atoms with E-state index in [4.69, 9.17) is 4.42 Å². The van der Waals surface area contributed by atoms with E-state index in [1.807, 2.05) is 37.5 Å². The van der Waals surface area contributed by atoms with Crippen molar-refractivity contribution in [3.63, 3.8) is 0 Å². The van der Waals surface area contributed by atoms with Crippen LogP contribution in [0.2, 0.25) is 0 Å². The molecule has 0 aliphatic heterocycles. The zero-order chi connectivity index (χ0) is 19.7. The molecule has 0 unspecified atom stereocenters. The third kappa shape index (κ3) is 3.24. The molecule has 2 aromatic carbocycles. The monoisotopic (exact) mass is 374 g/mol. The van der Waals surface area contributed by atoms with Crippen molar-refractivity contribution in [2.45, 2.75) is 27.7 Å². The highest BCUT2D eigenvalue weighted by atomic mass is 19.1. The van der Waals surface area contributed by atoms with Gasteiger partial charge in [0, 0.05) is 38.3 Å². The minimum atomic E-state index is -0.488. The molecule has 1 heterocycles. The van der Waals surface area contributed by atoms with Crippen LogP contribution in [0.3, 0.4) is 0 Å². The van der Waals surface area contributed by atoms with Crippen LogP contribution in [0.15, 0.2) is 33.5 Å². The van der Waals surface area contributed by atoms with Crippen molar-refractivity contribution in [2.24, 2.45) is 0 Å². The maximum atomic E-state index is 14.6. The minimum Gasteiger partial charge on any atom is -0.456 e. The van der Waals surface area contributed by atoms with Crippen molar-refractivity contribution in [3.8, 4) is 0 Å². The number of benzene rings is 2. The van der Waals surface area contributed by atoms with Gasteiger partial charge in [0.1, 0.15) is 22.8 Å². The van der Waals surface area contributed by atoms with Gasteiger partial charge in [-0.3, -0.25) is 4.79 Å². The molecular weight excluding hydrogens is 350 g/mol. The second-order valence-corrected chi connectivity index (χ2v) is 6.38. The topological polar surface area (TPSA) is 36.7 Å². The van der Waals surface area contributed by atoms with Crippen molar-refractivity contribution in [1.82, 2.24) is 0 Å². The molecule has 144 valence electrons. The van der Waals surface area contributed by atoms with Crippen LogP contribution in [0, 0.1) is 11.6 Å². The predicted octanol–water partition coefficient (Wildman–Crippen LogP) is 4.92. The Morgan fingerprint density at radius 3 is 1.44 bits per heavy atom. The second-order valence-electron chi connectivity index (χ2n) is 6.38. The van der Waals surface area contributed by atoms with Gasteiger partial charge in [-0.05, 0) is 39.8 Å². The van der Waals surface area contributed by atoms with Gasteiger partial charge in [0.05, 0.1) is 22.1 Å². The quantitative estimate of drug-likeness (QED) is 0.574. The maximum absolute atomic E-state index is 14.6. The van der Waals surface area contributed by atoms with Gasteiger partial charge >= 0.3 is 0 Å². The van der Waals surface area contributed by atoms with E-state index in [0.717, 1.165) is 0 Å². The van der Waals surface area contributed by atoms with Gasteiger partial charge < -0.3 is 14.2 Å². The molecule has 3 rings (SSSR count). The van der Waals surface area contributed by atoms with Gasteiger partial charge in [-0.25, -0.2) is 8.78 Å². The Labute approximate surface area is 157 Å². The maximum Gasteiger partial charge on any atom is 0.200 e. The summed E-state index contributed by atoms with van der Waals surface area (Å²) in [5.74, 6) is -0.976. The summed E-state index contributed by atoms with van der Waals surface area (Å²) >= 11 is 0. The second kappa shape index (κ2) is 7.55. The average molecular weight is 374 g/mol. The normalized spacial score (nSPS) is 11.3. The molecule has 4 nitrogen and oxygen atoms in total. The molecule has 0 atom stereocenters. The molecule has 3 aromatic rings. The molecule has 0 amide bonds. The number of rotatable bonds is 6. The molecule has 6 heteroatoms. The number of hydrogen-bond donors (Lipinski definition) is 0. The number of anilines is 2. The highest BCUT2D eigenvalue weighted by Gasteiger charge is 2.18. The number of halogens is 2. The number of nitrogens with zero attached hydrogens (tertiary/aromatic N) is 2. The molecule has 0 N–H and O–H groups in total. The predicted molar refractivity (Wildman–Crippen MR) is 107 cm³/mol. The highest BCUT2D eigenvalue weighted by molar-refractivity contribution is 5.92. The summed E-state index contributed by atoms with van der Waals surface area (Å²) in [6.07, 6.45) is 0. The highest BCUT2D eigenvalue weighted by Crippen LogP contribution is 2.30. The van der Waals surface area contributed by atoms with Crippen LogP contribution in [0.25, 0.3) is 21.9 Å². The molecule has 0 bridgehead atoms. The van der Waals surface area contributed by atoms with Gasteiger partial charge in [-0.2, -0.15) is 0 Å². The summed E-state index contributed by atoms with van der Waals surface area (Å²) in [6.45, 7) is 10.3. The molecule has 0 radical (unpaired) electrons. The summed E-state index contributed by atoms with van der Waals surface area (Å²) in [4.78, 5) is 16.5. The van der Waals surface area contributed by atoms with Crippen molar-refractivity contribution >= 4 is 33.3 Å². The smallest absolute Gasteiger partial charge is 0.200 e. The summed E-state index contributed by atoms with van der Waals surface area (Å²) in [5, 5.41) is 0.233. The number of hydrogen-bond acceptors (Lipinski definition) is 4. The van der Waals surface area contributed by atoms with Gasteiger partial charge in [0.25, 0.3) is 0 Å². The van der Waals surface area contributed by atoms with Crippen LogP contribution in [0.5, 0.6) is 0 Å². The van der Waals surface area contributed by atoms with E-state index in [2.05, 4.69) is 0 Å². The number of fused-ring (bicyclic) bond motifs is 2. The summed E-state index contributed by atoms with van der Waals surface area (Å²) in [5.41, 5.74) is 0.948. The Balaban J connectivity index is 2.31. The van der Waals surface area contributed by atoms with Crippen LogP contribution in [0.4, 0.5) is 20.2 Å². The van der Waals surface area contributed by atoms with Crippen LogP contribution in [0.1, 0.15) is 27.7 Å². The lowest BCUT2D eigenvalue weighted by atomic mass is 10.1. The average Bonchev–Trinajstić information content (AvgIpc) is 2.66. The summed E-state index contributed by atoms with van der Waals surface area (Å²) < 4.78 is 35.0. The lowest BCUT2D eigenvalue weighted by Gasteiger charge is -2.22. The van der Waals surface area contributed by atoms with E-state index in [-0.39, 0.29) is 10.8 Å². The first-order valence-corrected chi connectivity index (χ1v) is 9.34. The fourth-order valence-corrected chi connectivity index (χ4v) is 3.49. The SMILES string of the molecule is CCN(CC)c1cc2oc3cc(N(CC)CC)c(F)cc3c(=O)c2cc1F. The molecule has 0 spiro atoms. The Morgan fingerprint density at radius 2 is 1.11 bits per heavy atom. The Bertz CT molecular complexity index is 959. The van der Waals surface area contributed by atoms with E-state index >= 15 is 0 Å². The van der Waals surface area contributed by atoms with Crippen molar-refractivity contribution < 1.29 is 13.2 Å². The van der Waals surface area contributed by atoms with Crippen LogP contribution < -0.4 is 15.2 Å². The zero-order valence-electron chi connectivity index (χ0n) is 16.1. The summed E-state index contributed by atoms with van der Waals surface area (Å²) in [6, 6.07) is 5.48. The Morgan fingerprint density at radius 1 is 0.741 bits per heavy atom. The van der Waals surface area contributed by atoms with E-state index < -0.39 is 17.1 Å². The van der Waals surface area contributed by atoms with E-state index in [0.29, 0.717) is 48.7 Å².